The van der Waals surface area contributed by atoms with Crippen molar-refractivity contribution in [3.8, 4) is 0 Å². The van der Waals surface area contributed by atoms with Gasteiger partial charge in [0.25, 0.3) is 0 Å². The van der Waals surface area contributed by atoms with E-state index < -0.39 is 21.4 Å². The van der Waals surface area contributed by atoms with Crippen LogP contribution in [0.15, 0.2) is 18.2 Å². The highest BCUT2D eigenvalue weighted by atomic mass is 19.1. The van der Waals surface area contributed by atoms with Crippen LogP contribution in [0.1, 0.15) is 17.0 Å². The third-order valence-corrected chi connectivity index (χ3v) is 3.07. The Hall–Kier alpha value is -2.84. The van der Waals surface area contributed by atoms with Crippen molar-refractivity contribution in [3.05, 3.63) is 61.2 Å². The fourth-order valence-electron chi connectivity index (χ4n) is 2.08. The lowest BCUT2D eigenvalue weighted by Crippen LogP contribution is -2.05. The van der Waals surface area contributed by atoms with Gasteiger partial charge in [-0.2, -0.15) is 9.49 Å². The summed E-state index contributed by atoms with van der Waals surface area (Å²) in [5.74, 6) is -0.950. The Morgan fingerprint density at radius 1 is 1.24 bits per heavy atom. The quantitative estimate of drug-likeness (QED) is 0.636. The van der Waals surface area contributed by atoms with Crippen molar-refractivity contribution in [1.29, 1.82) is 0 Å². The molecular formula is C12H11FN4O4. The van der Waals surface area contributed by atoms with E-state index in [1.165, 1.54) is 17.7 Å². The van der Waals surface area contributed by atoms with Crippen LogP contribution < -0.4 is 0 Å². The molecule has 0 bridgehead atoms. The van der Waals surface area contributed by atoms with E-state index >= 15 is 0 Å². The van der Waals surface area contributed by atoms with Crippen LogP contribution in [0.25, 0.3) is 0 Å². The molecule has 1 heterocycles. The lowest BCUT2D eigenvalue weighted by molar-refractivity contribution is -0.387. The predicted octanol–water partition coefficient (Wildman–Crippen LogP) is 2.50. The molecule has 0 aliphatic carbocycles. The molecule has 8 nitrogen and oxygen atoms in total. The Morgan fingerprint density at radius 3 is 2.38 bits per heavy atom. The van der Waals surface area contributed by atoms with Gasteiger partial charge in [-0.05, 0) is 25.5 Å². The largest absolute Gasteiger partial charge is 0.312 e. The fraction of sp³-hybridized carbons (Fsp3) is 0.250. The third-order valence-electron chi connectivity index (χ3n) is 3.07. The first-order chi connectivity index (χ1) is 9.81. The number of nitro groups is 2. The minimum Gasteiger partial charge on any atom is -0.258 e. The molecule has 0 fully saturated rings. The average molecular weight is 294 g/mol. The molecule has 0 N–H and O–H groups in total. The van der Waals surface area contributed by atoms with Gasteiger partial charge in [0.05, 0.1) is 16.4 Å². The number of aryl methyl sites for hydroxylation is 1. The molecule has 9 heteroatoms. The van der Waals surface area contributed by atoms with E-state index in [0.717, 1.165) is 12.1 Å². The third kappa shape index (κ3) is 2.71. The maximum Gasteiger partial charge on any atom is 0.312 e. The molecule has 110 valence electrons. The summed E-state index contributed by atoms with van der Waals surface area (Å²) in [5, 5.41) is 25.5. The number of aromatic nitrogens is 2. The molecule has 0 unspecified atom stereocenters. The van der Waals surface area contributed by atoms with Gasteiger partial charge in [0.15, 0.2) is 0 Å². The maximum absolute atomic E-state index is 13.5. The minimum absolute atomic E-state index is 0.0858. The van der Waals surface area contributed by atoms with Crippen molar-refractivity contribution in [2.75, 3.05) is 0 Å². The average Bonchev–Trinajstić information content (AvgIpc) is 2.63. The number of rotatable bonds is 4. The highest BCUT2D eigenvalue weighted by Gasteiger charge is 2.22. The lowest BCUT2D eigenvalue weighted by atomic mass is 10.2. The Kier molecular flexibility index (Phi) is 3.66. The zero-order valence-electron chi connectivity index (χ0n) is 11.2. The summed E-state index contributed by atoms with van der Waals surface area (Å²) in [4.78, 5) is 20.1. The minimum atomic E-state index is -0.950. The van der Waals surface area contributed by atoms with Gasteiger partial charge in [0.1, 0.15) is 11.4 Å². The summed E-state index contributed by atoms with van der Waals surface area (Å²) in [7, 11) is 0. The van der Waals surface area contributed by atoms with Crippen molar-refractivity contribution in [2.45, 2.75) is 20.4 Å². The van der Waals surface area contributed by atoms with E-state index in [-0.39, 0.29) is 17.9 Å². The molecule has 1 aromatic carbocycles. The smallest absolute Gasteiger partial charge is 0.258 e. The van der Waals surface area contributed by atoms with Crippen molar-refractivity contribution in [3.63, 3.8) is 0 Å². The van der Waals surface area contributed by atoms with E-state index in [1.54, 1.807) is 6.92 Å². The molecule has 0 aliphatic heterocycles. The number of halogens is 1. The molecule has 0 saturated heterocycles. The van der Waals surface area contributed by atoms with E-state index in [2.05, 4.69) is 5.10 Å². The van der Waals surface area contributed by atoms with Crippen LogP contribution in [-0.2, 0) is 6.54 Å². The molecular weight excluding hydrogens is 283 g/mol. The first-order valence-corrected chi connectivity index (χ1v) is 5.92. The van der Waals surface area contributed by atoms with Crippen molar-refractivity contribution in [2.24, 2.45) is 0 Å². The van der Waals surface area contributed by atoms with Crippen LogP contribution in [0.2, 0.25) is 0 Å². The van der Waals surface area contributed by atoms with Crippen LogP contribution in [0, 0.1) is 39.9 Å². The molecule has 0 saturated carbocycles. The van der Waals surface area contributed by atoms with Gasteiger partial charge in [-0.1, -0.05) is 6.07 Å². The maximum atomic E-state index is 13.5. The zero-order chi connectivity index (χ0) is 15.7. The topological polar surface area (TPSA) is 104 Å². The van der Waals surface area contributed by atoms with Gasteiger partial charge >= 0.3 is 11.4 Å². The summed E-state index contributed by atoms with van der Waals surface area (Å²) in [6.45, 7) is 3.15. The standard InChI is InChI=1S/C12H11FN4O4/c1-7-12(17(20)21)8(2)15(14-7)6-9-3-4-11(16(18)19)10(13)5-9/h3-5H,6H2,1-2H3. The SMILES string of the molecule is Cc1nn(Cc2ccc([N+](=O)[O-])c(F)c2)c(C)c1[N+](=O)[O-]. The fourth-order valence-corrected chi connectivity index (χ4v) is 2.08. The summed E-state index contributed by atoms with van der Waals surface area (Å²) in [6, 6.07) is 3.48. The Labute approximate surface area is 118 Å². The predicted molar refractivity (Wildman–Crippen MR) is 70.5 cm³/mol. The Bertz CT molecular complexity index is 741. The van der Waals surface area contributed by atoms with Gasteiger partial charge in [-0.15, -0.1) is 0 Å². The summed E-state index contributed by atoms with van der Waals surface area (Å²) >= 11 is 0. The van der Waals surface area contributed by atoms with Gasteiger partial charge in [0.2, 0.25) is 5.82 Å². The van der Waals surface area contributed by atoms with Gasteiger partial charge < -0.3 is 0 Å². The normalized spacial score (nSPS) is 10.6. The van der Waals surface area contributed by atoms with E-state index in [0.29, 0.717) is 11.3 Å². The van der Waals surface area contributed by atoms with Crippen molar-refractivity contribution < 1.29 is 14.2 Å². The Balaban J connectivity index is 2.35. The highest BCUT2D eigenvalue weighted by molar-refractivity contribution is 5.40. The second kappa shape index (κ2) is 5.27. The number of nitro benzene ring substituents is 1. The summed E-state index contributed by atoms with van der Waals surface area (Å²) in [5.41, 5.74) is 0.338. The molecule has 2 rings (SSSR count). The molecule has 0 radical (unpaired) electrons. The van der Waals surface area contributed by atoms with E-state index in [1.807, 2.05) is 0 Å². The zero-order valence-corrected chi connectivity index (χ0v) is 11.2. The second-order valence-electron chi connectivity index (χ2n) is 4.48. The first-order valence-electron chi connectivity index (χ1n) is 5.92. The number of hydrogen-bond acceptors (Lipinski definition) is 5. The summed E-state index contributed by atoms with van der Waals surface area (Å²) in [6.07, 6.45) is 0. The highest BCUT2D eigenvalue weighted by Crippen LogP contribution is 2.24. The molecule has 0 spiro atoms. The molecule has 0 amide bonds. The van der Waals surface area contributed by atoms with Crippen LogP contribution in [0.4, 0.5) is 15.8 Å². The van der Waals surface area contributed by atoms with Crippen LogP contribution in [-0.4, -0.2) is 19.6 Å². The lowest BCUT2D eigenvalue weighted by Gasteiger charge is -2.04. The molecule has 2 aromatic rings. The monoisotopic (exact) mass is 294 g/mol. The summed E-state index contributed by atoms with van der Waals surface area (Å²) < 4.78 is 14.9. The van der Waals surface area contributed by atoms with Gasteiger partial charge in [-0.25, -0.2) is 0 Å². The molecule has 1 aromatic heterocycles. The molecule has 21 heavy (non-hydrogen) atoms. The molecule has 0 atom stereocenters. The van der Waals surface area contributed by atoms with E-state index in [9.17, 15) is 24.6 Å². The number of hydrogen-bond donors (Lipinski definition) is 0. The molecule has 0 aliphatic rings. The van der Waals surface area contributed by atoms with Crippen LogP contribution in [0.3, 0.4) is 0 Å². The van der Waals surface area contributed by atoms with Gasteiger partial charge in [0, 0.05) is 6.07 Å². The number of nitrogens with zero attached hydrogens (tertiary/aromatic N) is 4. The number of benzene rings is 1. The van der Waals surface area contributed by atoms with E-state index in [4.69, 9.17) is 0 Å². The van der Waals surface area contributed by atoms with Crippen molar-refractivity contribution >= 4 is 11.4 Å². The first kappa shape index (κ1) is 14.6. The van der Waals surface area contributed by atoms with Crippen LogP contribution in [0.5, 0.6) is 0 Å². The second-order valence-corrected chi connectivity index (χ2v) is 4.48. The van der Waals surface area contributed by atoms with Crippen LogP contribution >= 0.6 is 0 Å². The van der Waals surface area contributed by atoms with Crippen molar-refractivity contribution in [1.82, 2.24) is 9.78 Å². The van der Waals surface area contributed by atoms with Gasteiger partial charge in [-0.3, -0.25) is 24.9 Å². The Morgan fingerprint density at radius 2 is 1.90 bits per heavy atom.